The SMILES string of the molecule is Nc1nc2nc[nH]c2c(OCC2CCCO2)[nH+]1. The minimum Gasteiger partial charge on any atom is -0.464 e. The van der Waals surface area contributed by atoms with Crippen molar-refractivity contribution in [1.82, 2.24) is 15.0 Å². The van der Waals surface area contributed by atoms with Crippen LogP contribution in [0, 0.1) is 0 Å². The lowest BCUT2D eigenvalue weighted by atomic mass is 10.2. The first kappa shape index (κ1) is 10.3. The lowest BCUT2D eigenvalue weighted by molar-refractivity contribution is -0.380. The molecule has 2 aromatic heterocycles. The highest BCUT2D eigenvalue weighted by Crippen LogP contribution is 2.18. The number of nitrogen functional groups attached to an aromatic ring is 1. The quantitative estimate of drug-likeness (QED) is 0.775. The summed E-state index contributed by atoms with van der Waals surface area (Å²) < 4.78 is 11.2. The van der Waals surface area contributed by atoms with Gasteiger partial charge in [0.25, 0.3) is 11.5 Å². The summed E-state index contributed by atoms with van der Waals surface area (Å²) >= 11 is 0. The molecule has 0 aliphatic carbocycles. The number of aromatic nitrogens is 4. The number of nitrogens with two attached hydrogens (primary N) is 1. The second kappa shape index (κ2) is 4.17. The summed E-state index contributed by atoms with van der Waals surface area (Å²) in [6, 6.07) is 0. The molecule has 0 radical (unpaired) electrons. The van der Waals surface area contributed by atoms with Gasteiger partial charge in [-0.25, -0.2) is 9.97 Å². The molecule has 1 unspecified atom stereocenters. The Morgan fingerprint density at radius 3 is 3.41 bits per heavy atom. The maximum absolute atomic E-state index is 5.67. The van der Waals surface area contributed by atoms with Crippen LogP contribution < -0.4 is 15.5 Å². The second-order valence-corrected chi connectivity index (χ2v) is 4.00. The molecular weight excluding hydrogens is 222 g/mol. The standard InChI is InChI=1S/C10H13N5O2/c11-10-14-8-7(12-5-13-8)9(15-10)17-4-6-2-1-3-16-6/h5-6H,1-4H2,(H3,11,12,13,14,15)/p+1. The minimum atomic E-state index is 0.163. The fourth-order valence-electron chi connectivity index (χ4n) is 1.92. The predicted octanol–water partition coefficient (Wildman–Crippen LogP) is -0.0880. The van der Waals surface area contributed by atoms with Gasteiger partial charge in [-0.1, -0.05) is 0 Å². The molecule has 17 heavy (non-hydrogen) atoms. The van der Waals surface area contributed by atoms with Crippen molar-refractivity contribution in [3.63, 3.8) is 0 Å². The maximum atomic E-state index is 5.67. The zero-order valence-electron chi connectivity index (χ0n) is 9.27. The first-order valence-corrected chi connectivity index (χ1v) is 5.59. The Morgan fingerprint density at radius 1 is 1.65 bits per heavy atom. The van der Waals surface area contributed by atoms with Crippen LogP contribution in [0.25, 0.3) is 11.2 Å². The summed E-state index contributed by atoms with van der Waals surface area (Å²) in [5.41, 5.74) is 6.90. The van der Waals surface area contributed by atoms with Gasteiger partial charge >= 0.3 is 5.95 Å². The third-order valence-electron chi connectivity index (χ3n) is 2.75. The molecular formula is C10H14N5O2+. The van der Waals surface area contributed by atoms with Crippen molar-refractivity contribution in [3.8, 4) is 5.88 Å². The monoisotopic (exact) mass is 236 g/mol. The van der Waals surface area contributed by atoms with Crippen molar-refractivity contribution >= 4 is 17.1 Å². The first-order chi connectivity index (χ1) is 8.33. The van der Waals surface area contributed by atoms with Gasteiger partial charge in [0, 0.05) is 6.61 Å². The average Bonchev–Trinajstić information content (AvgIpc) is 2.95. The van der Waals surface area contributed by atoms with E-state index in [1.807, 2.05) is 0 Å². The van der Waals surface area contributed by atoms with Crippen molar-refractivity contribution in [3.05, 3.63) is 6.33 Å². The number of nitrogens with zero attached hydrogens (tertiary/aromatic N) is 2. The van der Waals surface area contributed by atoms with Crippen LogP contribution in [0.15, 0.2) is 6.33 Å². The number of anilines is 1. The number of hydrogen-bond acceptors (Lipinski definition) is 5. The molecule has 3 rings (SSSR count). The van der Waals surface area contributed by atoms with Crippen LogP contribution in [0.1, 0.15) is 12.8 Å². The highest BCUT2D eigenvalue weighted by molar-refractivity contribution is 5.74. The van der Waals surface area contributed by atoms with Crippen LogP contribution in [0.4, 0.5) is 5.95 Å². The number of fused-ring (bicyclic) bond motifs is 1. The Kier molecular flexibility index (Phi) is 2.52. The summed E-state index contributed by atoms with van der Waals surface area (Å²) in [5, 5.41) is 0. The molecule has 1 atom stereocenters. The maximum Gasteiger partial charge on any atom is 0.392 e. The lowest BCUT2D eigenvalue weighted by Crippen LogP contribution is -2.22. The molecule has 0 spiro atoms. The fraction of sp³-hybridized carbons (Fsp3) is 0.500. The number of aromatic amines is 2. The zero-order valence-corrected chi connectivity index (χ0v) is 9.27. The molecule has 1 aliphatic heterocycles. The third kappa shape index (κ3) is 2.01. The van der Waals surface area contributed by atoms with E-state index in [9.17, 15) is 0 Å². The summed E-state index contributed by atoms with van der Waals surface area (Å²) in [6.07, 6.45) is 3.85. The summed E-state index contributed by atoms with van der Waals surface area (Å²) in [7, 11) is 0. The van der Waals surface area contributed by atoms with Crippen LogP contribution in [0.5, 0.6) is 5.88 Å². The van der Waals surface area contributed by atoms with Crippen molar-refractivity contribution < 1.29 is 14.5 Å². The van der Waals surface area contributed by atoms with Gasteiger partial charge in [0.1, 0.15) is 6.61 Å². The van der Waals surface area contributed by atoms with E-state index >= 15 is 0 Å². The van der Waals surface area contributed by atoms with E-state index in [2.05, 4.69) is 19.9 Å². The summed E-state index contributed by atoms with van der Waals surface area (Å²) in [4.78, 5) is 13.9. The van der Waals surface area contributed by atoms with Crippen molar-refractivity contribution in [1.29, 1.82) is 0 Å². The molecule has 0 saturated carbocycles. The number of hydrogen-bond donors (Lipinski definition) is 2. The summed E-state index contributed by atoms with van der Waals surface area (Å²) in [5.74, 6) is 0.840. The Balaban J connectivity index is 1.81. The van der Waals surface area contributed by atoms with Gasteiger partial charge in [-0.05, 0) is 17.8 Å². The highest BCUT2D eigenvalue weighted by Gasteiger charge is 2.19. The highest BCUT2D eigenvalue weighted by atomic mass is 16.5. The molecule has 7 nitrogen and oxygen atoms in total. The normalized spacial score (nSPS) is 19.9. The number of rotatable bonds is 3. The van der Waals surface area contributed by atoms with E-state index in [1.165, 1.54) is 0 Å². The topological polar surface area (TPSA) is 100 Å². The second-order valence-electron chi connectivity index (χ2n) is 4.00. The Morgan fingerprint density at radius 2 is 2.59 bits per heavy atom. The minimum absolute atomic E-state index is 0.163. The smallest absolute Gasteiger partial charge is 0.392 e. The van der Waals surface area contributed by atoms with Gasteiger partial charge in [-0.15, -0.1) is 0 Å². The molecule has 0 bridgehead atoms. The Labute approximate surface area is 97.4 Å². The molecule has 90 valence electrons. The molecule has 1 fully saturated rings. The number of H-pyrrole nitrogens is 2. The zero-order chi connectivity index (χ0) is 11.7. The average molecular weight is 236 g/mol. The molecule has 7 heteroatoms. The van der Waals surface area contributed by atoms with Gasteiger partial charge in [0.05, 0.1) is 12.4 Å². The van der Waals surface area contributed by atoms with Crippen LogP contribution in [-0.4, -0.2) is 34.3 Å². The van der Waals surface area contributed by atoms with Crippen LogP contribution >= 0.6 is 0 Å². The predicted molar refractivity (Wildman–Crippen MR) is 59.3 cm³/mol. The Hall–Kier alpha value is -1.89. The molecule has 1 aliphatic rings. The number of nitrogens with one attached hydrogen (secondary N) is 2. The molecule has 0 aromatic carbocycles. The molecule has 3 heterocycles. The van der Waals surface area contributed by atoms with Gasteiger partial charge in [-0.3, -0.25) is 5.73 Å². The lowest BCUT2D eigenvalue weighted by Gasteiger charge is -2.09. The Bertz CT molecular complexity index is 520. The van der Waals surface area contributed by atoms with E-state index in [4.69, 9.17) is 15.2 Å². The first-order valence-electron chi connectivity index (χ1n) is 5.59. The van der Waals surface area contributed by atoms with Crippen molar-refractivity contribution in [2.45, 2.75) is 18.9 Å². The molecule has 1 saturated heterocycles. The van der Waals surface area contributed by atoms with E-state index in [0.29, 0.717) is 18.1 Å². The van der Waals surface area contributed by atoms with Crippen molar-refractivity contribution in [2.24, 2.45) is 0 Å². The largest absolute Gasteiger partial charge is 0.464 e. The van der Waals surface area contributed by atoms with Crippen LogP contribution in [0.2, 0.25) is 0 Å². The van der Waals surface area contributed by atoms with Gasteiger partial charge in [-0.2, -0.15) is 0 Å². The van der Waals surface area contributed by atoms with Crippen LogP contribution in [0.3, 0.4) is 0 Å². The van der Waals surface area contributed by atoms with E-state index in [1.54, 1.807) is 6.33 Å². The van der Waals surface area contributed by atoms with Gasteiger partial charge in [0.15, 0.2) is 5.52 Å². The van der Waals surface area contributed by atoms with E-state index in [-0.39, 0.29) is 12.1 Å². The van der Waals surface area contributed by atoms with Crippen LogP contribution in [-0.2, 0) is 4.74 Å². The fourth-order valence-corrected chi connectivity index (χ4v) is 1.92. The number of ether oxygens (including phenoxy) is 2. The third-order valence-corrected chi connectivity index (χ3v) is 2.75. The van der Waals surface area contributed by atoms with E-state index < -0.39 is 0 Å². The van der Waals surface area contributed by atoms with E-state index in [0.717, 1.165) is 25.0 Å². The molecule has 4 N–H and O–H groups in total. The molecule has 2 aromatic rings. The number of imidazole rings is 1. The molecule has 0 amide bonds. The van der Waals surface area contributed by atoms with Gasteiger partial charge in [0.2, 0.25) is 0 Å². The van der Waals surface area contributed by atoms with Crippen molar-refractivity contribution in [2.75, 3.05) is 18.9 Å². The van der Waals surface area contributed by atoms with Gasteiger partial charge < -0.3 is 14.5 Å². The summed E-state index contributed by atoms with van der Waals surface area (Å²) in [6.45, 7) is 1.32.